The molecule has 2 amide bonds. The number of aliphatic hydroxyl groups excluding tert-OH is 3. The minimum absolute atomic E-state index is 0.0194. The van der Waals surface area contributed by atoms with Gasteiger partial charge in [-0.3, -0.25) is 14.4 Å². The van der Waals surface area contributed by atoms with Crippen molar-refractivity contribution in [1.29, 1.82) is 0 Å². The first kappa shape index (κ1) is 43.5. The fourth-order valence-electron chi connectivity index (χ4n) is 10.2. The maximum Gasteiger partial charge on any atom is 0.251 e. The van der Waals surface area contributed by atoms with Crippen molar-refractivity contribution in [3.63, 3.8) is 0 Å². The van der Waals surface area contributed by atoms with Crippen molar-refractivity contribution >= 4 is 17.5 Å². The molecule has 316 valence electrons. The average Bonchev–Trinajstić information content (AvgIpc) is 3.56. The van der Waals surface area contributed by atoms with E-state index in [4.69, 9.17) is 9.57 Å². The second-order valence-corrected chi connectivity index (χ2v) is 18.2. The van der Waals surface area contributed by atoms with Crippen LogP contribution < -0.4 is 20.3 Å². The molecule has 3 aromatic rings. The Morgan fingerprint density at radius 2 is 1.76 bits per heavy atom. The zero-order valence-corrected chi connectivity index (χ0v) is 35.7. The molecule has 5 N–H and O–H groups in total. The van der Waals surface area contributed by atoms with Gasteiger partial charge in [-0.15, -0.1) is 0 Å². The molecule has 7 rings (SSSR count). The van der Waals surface area contributed by atoms with E-state index in [0.29, 0.717) is 42.0 Å². The highest BCUT2D eigenvalue weighted by Crippen LogP contribution is 2.61. The molecular formula is C46H65N5O7. The lowest BCUT2D eigenvalue weighted by Gasteiger charge is -2.62. The third kappa shape index (κ3) is 8.78. The van der Waals surface area contributed by atoms with Gasteiger partial charge in [0.2, 0.25) is 5.91 Å². The number of nitrogens with zero attached hydrogens (tertiary/aromatic N) is 3. The number of aliphatic hydroxyl groups is 3. The maximum atomic E-state index is 14.3. The highest BCUT2D eigenvalue weighted by Gasteiger charge is 2.57. The standard InChI is InChI=1S/C46H65N5O7/c1-28-37-21-34(45(37,3)4)22-38(28)47-44(56)41-40(29(2)54)39(25-52)58-51(41)24-31-16-13-17-36(42(31)57-9)32-18-33(20-35(19-32)50(7)8)43(55)48-46(27-53,26-49(5)6)23-30-14-11-10-12-15-30/h10-20,28-29,34,37-41,52-54H,21-27H2,1-9H3,(H,47,56)(H,48,55)/t28-,29-,34-,37-,38-,39-,40+,41-,46?/m0/s1. The van der Waals surface area contributed by atoms with E-state index >= 15 is 0 Å². The van der Waals surface area contributed by atoms with E-state index < -0.39 is 29.7 Å². The lowest BCUT2D eigenvalue weighted by molar-refractivity contribution is -0.183. The number of ether oxygens (including phenoxy) is 1. The molecule has 4 fully saturated rings. The molecule has 58 heavy (non-hydrogen) atoms. The molecule has 1 unspecified atom stereocenters. The maximum absolute atomic E-state index is 14.3. The number of methoxy groups -OCH3 is 1. The highest BCUT2D eigenvalue weighted by atomic mass is 16.7. The van der Waals surface area contributed by atoms with Crippen LogP contribution in [-0.4, -0.2) is 122 Å². The van der Waals surface area contributed by atoms with Crippen molar-refractivity contribution in [3.8, 4) is 16.9 Å². The Balaban J connectivity index is 1.31. The molecule has 12 nitrogen and oxygen atoms in total. The quantitative estimate of drug-likeness (QED) is 0.142. The van der Waals surface area contributed by atoms with Crippen LogP contribution in [-0.2, 0) is 22.6 Å². The summed E-state index contributed by atoms with van der Waals surface area (Å²) in [4.78, 5) is 38.8. The van der Waals surface area contributed by atoms with E-state index in [1.54, 1.807) is 19.1 Å². The molecule has 0 spiro atoms. The second kappa shape index (κ2) is 17.7. The van der Waals surface area contributed by atoms with Gasteiger partial charge in [0, 0.05) is 55.0 Å². The van der Waals surface area contributed by atoms with Gasteiger partial charge >= 0.3 is 0 Å². The van der Waals surface area contributed by atoms with Crippen LogP contribution in [0.1, 0.15) is 62.0 Å². The zero-order chi connectivity index (χ0) is 42.1. The first-order valence-corrected chi connectivity index (χ1v) is 20.7. The third-order valence-corrected chi connectivity index (χ3v) is 13.4. The summed E-state index contributed by atoms with van der Waals surface area (Å²) in [6.45, 7) is 8.47. The van der Waals surface area contributed by atoms with Gasteiger partial charge in [-0.2, -0.15) is 5.06 Å². The van der Waals surface area contributed by atoms with Crippen LogP contribution in [0.5, 0.6) is 5.75 Å². The summed E-state index contributed by atoms with van der Waals surface area (Å²) < 4.78 is 6.11. The van der Waals surface area contributed by atoms with E-state index in [1.165, 1.54) is 6.42 Å². The summed E-state index contributed by atoms with van der Waals surface area (Å²) in [5.74, 6) is 0.750. The molecule has 4 aliphatic rings. The number of carbonyl (C=O) groups excluding carboxylic acids is 2. The average molecular weight is 800 g/mol. The molecule has 3 saturated carbocycles. The van der Waals surface area contributed by atoms with Crippen molar-refractivity contribution in [2.75, 3.05) is 60.0 Å². The molecular weight excluding hydrogens is 735 g/mol. The van der Waals surface area contributed by atoms with Gasteiger partial charge in [-0.05, 0) is 92.8 Å². The molecule has 9 atom stereocenters. The summed E-state index contributed by atoms with van der Waals surface area (Å²) in [5.41, 5.74) is 3.72. The van der Waals surface area contributed by atoms with Crippen molar-refractivity contribution in [2.45, 2.75) is 83.3 Å². The molecule has 1 aliphatic heterocycles. The number of nitrogens with one attached hydrogen (secondary N) is 2. The van der Waals surface area contributed by atoms with E-state index in [0.717, 1.165) is 34.4 Å². The van der Waals surface area contributed by atoms with Crippen molar-refractivity contribution in [3.05, 3.63) is 83.4 Å². The van der Waals surface area contributed by atoms with Gasteiger partial charge in [0.1, 0.15) is 17.9 Å². The summed E-state index contributed by atoms with van der Waals surface area (Å²) in [7, 11) is 9.26. The SMILES string of the molecule is COc1c(CN2O[C@@H](CO)[C@@H]([C@H](C)O)[C@H]2C(=O)N[C@H]2C[C@@H]3C[C@@H]([C@@H]2C)C3(C)C)cccc1-c1cc(C(=O)NC(CO)(Cc2ccccc2)CN(C)C)cc(N(C)C)c1. The van der Waals surface area contributed by atoms with E-state index in [9.17, 15) is 24.9 Å². The zero-order valence-electron chi connectivity index (χ0n) is 35.7. The van der Waals surface area contributed by atoms with Gasteiger partial charge in [0.25, 0.3) is 5.91 Å². The van der Waals surface area contributed by atoms with Gasteiger partial charge in [0.05, 0.1) is 38.5 Å². The predicted molar refractivity (Wildman–Crippen MR) is 226 cm³/mol. The largest absolute Gasteiger partial charge is 0.496 e. The fourth-order valence-corrected chi connectivity index (χ4v) is 10.2. The smallest absolute Gasteiger partial charge is 0.251 e. The van der Waals surface area contributed by atoms with E-state index in [-0.39, 0.29) is 43.0 Å². The van der Waals surface area contributed by atoms with Crippen molar-refractivity contribution < 1.29 is 34.5 Å². The number of anilines is 1. The first-order chi connectivity index (χ1) is 27.5. The number of hydroxylamine groups is 2. The Labute approximate surface area is 344 Å². The molecule has 1 heterocycles. The molecule has 3 aliphatic carbocycles. The van der Waals surface area contributed by atoms with Crippen LogP contribution in [0.3, 0.4) is 0 Å². The second-order valence-electron chi connectivity index (χ2n) is 18.2. The Kier molecular flexibility index (Phi) is 13.3. The number of rotatable bonds is 16. The number of benzene rings is 3. The van der Waals surface area contributed by atoms with Crippen LogP contribution in [0.25, 0.3) is 11.1 Å². The molecule has 12 heteroatoms. The summed E-state index contributed by atoms with van der Waals surface area (Å²) in [6.07, 6.45) is 0.845. The van der Waals surface area contributed by atoms with E-state index in [1.807, 2.05) is 105 Å². The molecule has 3 aromatic carbocycles. The van der Waals surface area contributed by atoms with Crippen LogP contribution in [0.2, 0.25) is 0 Å². The van der Waals surface area contributed by atoms with Gasteiger partial charge in [0.15, 0.2) is 0 Å². The normalized spacial score (nSPS) is 26.7. The first-order valence-electron chi connectivity index (χ1n) is 20.7. The van der Waals surface area contributed by atoms with Crippen LogP contribution >= 0.6 is 0 Å². The third-order valence-electron chi connectivity index (χ3n) is 13.4. The van der Waals surface area contributed by atoms with Crippen LogP contribution in [0.4, 0.5) is 5.69 Å². The number of hydrogen-bond donors (Lipinski definition) is 5. The van der Waals surface area contributed by atoms with Gasteiger partial charge in [-0.25, -0.2) is 0 Å². The Bertz CT molecular complexity index is 1900. The minimum Gasteiger partial charge on any atom is -0.496 e. The molecule has 0 aromatic heterocycles. The number of hydrogen-bond acceptors (Lipinski definition) is 10. The van der Waals surface area contributed by atoms with E-state index in [2.05, 4.69) is 31.4 Å². The molecule has 2 bridgehead atoms. The number of fused-ring (bicyclic) bond motifs is 2. The topological polar surface area (TPSA) is 147 Å². The summed E-state index contributed by atoms with van der Waals surface area (Å²) in [5, 5.41) is 40.3. The highest BCUT2D eigenvalue weighted by molar-refractivity contribution is 5.97. The Morgan fingerprint density at radius 3 is 2.34 bits per heavy atom. The number of likely N-dealkylation sites (N-methyl/N-ethyl adjacent to an activating group) is 1. The Morgan fingerprint density at radius 1 is 1.03 bits per heavy atom. The van der Waals surface area contributed by atoms with Crippen molar-refractivity contribution in [1.82, 2.24) is 20.6 Å². The monoisotopic (exact) mass is 799 g/mol. The Hall–Kier alpha value is -4.04. The number of carbonyl (C=O) groups is 2. The summed E-state index contributed by atoms with van der Waals surface area (Å²) in [6, 6.07) is 20.4. The van der Waals surface area contributed by atoms with Crippen LogP contribution in [0, 0.1) is 29.1 Å². The minimum atomic E-state index is -0.950. The molecule has 1 saturated heterocycles. The number of para-hydroxylation sites is 1. The predicted octanol–water partition coefficient (Wildman–Crippen LogP) is 4.35. The van der Waals surface area contributed by atoms with Crippen molar-refractivity contribution in [2.24, 2.45) is 29.1 Å². The van der Waals surface area contributed by atoms with Crippen LogP contribution in [0.15, 0.2) is 66.7 Å². The number of amides is 2. The fraction of sp³-hybridized carbons (Fsp3) is 0.565. The summed E-state index contributed by atoms with van der Waals surface area (Å²) >= 11 is 0. The van der Waals surface area contributed by atoms with Gasteiger partial charge in [-0.1, -0.05) is 69.3 Å². The van der Waals surface area contributed by atoms with Gasteiger partial charge < -0.3 is 40.5 Å². The lowest BCUT2D eigenvalue weighted by atomic mass is 9.45. The lowest BCUT2D eigenvalue weighted by Crippen LogP contribution is -2.62. The molecule has 0 radical (unpaired) electrons.